The Labute approximate surface area is 108 Å². The van der Waals surface area contributed by atoms with Crippen LogP contribution in [0.1, 0.15) is 11.1 Å². The van der Waals surface area contributed by atoms with Crippen molar-refractivity contribution in [1.82, 2.24) is 0 Å². The normalized spacial score (nSPS) is 9.76. The second-order valence-corrected chi connectivity index (χ2v) is 4.02. The van der Waals surface area contributed by atoms with Crippen LogP contribution in [-0.2, 0) is 0 Å². The molecule has 0 aliphatic rings. The van der Waals surface area contributed by atoms with Crippen LogP contribution in [0.3, 0.4) is 0 Å². The number of halogens is 1. The van der Waals surface area contributed by atoms with Crippen LogP contribution in [-0.4, -0.2) is 5.11 Å². The summed E-state index contributed by atoms with van der Waals surface area (Å²) in [4.78, 5) is 0. The van der Waals surface area contributed by atoms with Gasteiger partial charge in [-0.1, -0.05) is 18.2 Å². The molecule has 2 rings (SSSR count). The van der Waals surface area contributed by atoms with E-state index in [4.69, 9.17) is 5.73 Å². The van der Waals surface area contributed by atoms with Gasteiger partial charge in [-0.05, 0) is 48.7 Å². The summed E-state index contributed by atoms with van der Waals surface area (Å²) in [6.45, 7) is 4.11. The van der Waals surface area contributed by atoms with E-state index in [-0.39, 0.29) is 18.2 Å². The summed E-state index contributed by atoms with van der Waals surface area (Å²) in [5, 5.41) is 9.85. The summed E-state index contributed by atoms with van der Waals surface area (Å²) in [5.74, 6) is 0.267. The first-order valence-corrected chi connectivity index (χ1v) is 5.24. The number of hydrogen-bond donors (Lipinski definition) is 2. The van der Waals surface area contributed by atoms with Crippen molar-refractivity contribution in [2.24, 2.45) is 0 Å². The van der Waals surface area contributed by atoms with Crippen LogP contribution < -0.4 is 5.73 Å². The van der Waals surface area contributed by atoms with Gasteiger partial charge in [0.1, 0.15) is 5.75 Å². The smallest absolute Gasteiger partial charge is 0.123 e. The van der Waals surface area contributed by atoms with E-state index in [1.54, 1.807) is 18.2 Å². The van der Waals surface area contributed by atoms with Crippen molar-refractivity contribution in [2.75, 3.05) is 5.73 Å². The predicted octanol–water partition coefficient (Wildman–Crippen LogP) is 3.68. The average Bonchev–Trinajstić information content (AvgIpc) is 2.26. The molecule has 3 N–H and O–H groups in total. The van der Waals surface area contributed by atoms with Crippen molar-refractivity contribution in [3.63, 3.8) is 0 Å². The number of nitrogens with two attached hydrogens (primary N) is 1. The van der Waals surface area contributed by atoms with Crippen molar-refractivity contribution in [1.29, 1.82) is 0 Å². The summed E-state index contributed by atoms with van der Waals surface area (Å²) < 4.78 is 0. The Kier molecular flexibility index (Phi) is 4.02. The highest BCUT2D eigenvalue weighted by Crippen LogP contribution is 2.33. The lowest BCUT2D eigenvalue weighted by atomic mass is 9.96. The van der Waals surface area contributed by atoms with E-state index in [0.29, 0.717) is 5.69 Å². The number of aromatic hydroxyl groups is 1. The first-order chi connectivity index (χ1) is 7.59. The SMILES string of the molecule is Cc1cccc(-c2cc(N)ccc2O)c1C.Cl. The van der Waals surface area contributed by atoms with E-state index in [9.17, 15) is 5.11 Å². The van der Waals surface area contributed by atoms with Gasteiger partial charge in [-0.25, -0.2) is 0 Å². The maximum Gasteiger partial charge on any atom is 0.123 e. The van der Waals surface area contributed by atoms with Crippen molar-refractivity contribution in [3.8, 4) is 16.9 Å². The van der Waals surface area contributed by atoms with E-state index in [1.165, 1.54) is 11.1 Å². The van der Waals surface area contributed by atoms with E-state index in [0.717, 1.165) is 11.1 Å². The fourth-order valence-corrected chi connectivity index (χ4v) is 1.81. The molecule has 0 radical (unpaired) electrons. The summed E-state index contributed by atoms with van der Waals surface area (Å²) in [6.07, 6.45) is 0. The van der Waals surface area contributed by atoms with Crippen molar-refractivity contribution >= 4 is 18.1 Å². The summed E-state index contributed by atoms with van der Waals surface area (Å²) in [6, 6.07) is 11.2. The van der Waals surface area contributed by atoms with E-state index in [1.807, 2.05) is 19.1 Å². The van der Waals surface area contributed by atoms with Crippen molar-refractivity contribution in [2.45, 2.75) is 13.8 Å². The third kappa shape index (κ3) is 2.53. The average molecular weight is 250 g/mol. The van der Waals surface area contributed by atoms with E-state index < -0.39 is 0 Å². The molecule has 0 aliphatic carbocycles. The van der Waals surface area contributed by atoms with Crippen LogP contribution in [0, 0.1) is 13.8 Å². The maximum absolute atomic E-state index is 9.85. The molecular weight excluding hydrogens is 234 g/mol. The van der Waals surface area contributed by atoms with Gasteiger partial charge in [0.05, 0.1) is 0 Å². The highest BCUT2D eigenvalue weighted by atomic mass is 35.5. The molecule has 0 bridgehead atoms. The minimum Gasteiger partial charge on any atom is -0.507 e. The van der Waals surface area contributed by atoms with Crippen LogP contribution in [0.4, 0.5) is 5.69 Å². The summed E-state index contributed by atoms with van der Waals surface area (Å²) >= 11 is 0. The van der Waals surface area contributed by atoms with Gasteiger partial charge in [-0.15, -0.1) is 12.4 Å². The molecule has 0 heterocycles. The summed E-state index contributed by atoms with van der Waals surface area (Å²) in [7, 11) is 0. The van der Waals surface area contributed by atoms with Gasteiger partial charge in [0.15, 0.2) is 0 Å². The standard InChI is InChI=1S/C14H15NO.ClH/c1-9-4-3-5-12(10(9)2)13-8-11(15)6-7-14(13)16;/h3-8,16H,15H2,1-2H3;1H. The van der Waals surface area contributed by atoms with Crippen LogP contribution in [0.15, 0.2) is 36.4 Å². The fourth-order valence-electron chi connectivity index (χ4n) is 1.81. The molecule has 0 saturated heterocycles. The maximum atomic E-state index is 9.85. The van der Waals surface area contributed by atoms with Crippen molar-refractivity contribution in [3.05, 3.63) is 47.5 Å². The Morgan fingerprint density at radius 2 is 1.71 bits per heavy atom. The first-order valence-electron chi connectivity index (χ1n) is 5.24. The van der Waals surface area contributed by atoms with Crippen LogP contribution in [0.2, 0.25) is 0 Å². The Hall–Kier alpha value is -1.67. The molecule has 0 aliphatic heterocycles. The Morgan fingerprint density at radius 1 is 1.00 bits per heavy atom. The fraction of sp³-hybridized carbons (Fsp3) is 0.143. The molecule has 17 heavy (non-hydrogen) atoms. The number of rotatable bonds is 1. The third-order valence-electron chi connectivity index (χ3n) is 2.92. The molecule has 2 aromatic rings. The molecule has 3 heteroatoms. The molecule has 0 saturated carbocycles. The molecule has 0 amide bonds. The lowest BCUT2D eigenvalue weighted by Crippen LogP contribution is -1.90. The molecule has 90 valence electrons. The largest absolute Gasteiger partial charge is 0.507 e. The zero-order valence-corrected chi connectivity index (χ0v) is 10.7. The van der Waals surface area contributed by atoms with E-state index >= 15 is 0 Å². The second-order valence-electron chi connectivity index (χ2n) is 4.02. The Balaban J connectivity index is 0.00000144. The minimum atomic E-state index is 0. The van der Waals surface area contributed by atoms with Crippen LogP contribution in [0.5, 0.6) is 5.75 Å². The molecule has 2 aromatic carbocycles. The number of hydrogen-bond acceptors (Lipinski definition) is 2. The van der Waals surface area contributed by atoms with Gasteiger partial charge in [-0.3, -0.25) is 0 Å². The van der Waals surface area contributed by atoms with Crippen LogP contribution in [0.25, 0.3) is 11.1 Å². The van der Waals surface area contributed by atoms with E-state index in [2.05, 4.69) is 13.0 Å². The molecule has 0 unspecified atom stereocenters. The first kappa shape index (κ1) is 13.4. The van der Waals surface area contributed by atoms with Gasteiger partial charge >= 0.3 is 0 Å². The molecule has 0 aromatic heterocycles. The zero-order chi connectivity index (χ0) is 11.7. The highest BCUT2D eigenvalue weighted by molar-refractivity contribution is 5.85. The molecule has 2 nitrogen and oxygen atoms in total. The van der Waals surface area contributed by atoms with Gasteiger partial charge in [-0.2, -0.15) is 0 Å². The number of anilines is 1. The Morgan fingerprint density at radius 3 is 2.41 bits per heavy atom. The monoisotopic (exact) mass is 249 g/mol. The van der Waals surface area contributed by atoms with Gasteiger partial charge in [0.2, 0.25) is 0 Å². The predicted molar refractivity (Wildman–Crippen MR) is 74.7 cm³/mol. The van der Waals surface area contributed by atoms with Crippen molar-refractivity contribution < 1.29 is 5.11 Å². The number of phenols is 1. The van der Waals surface area contributed by atoms with Gasteiger partial charge in [0.25, 0.3) is 0 Å². The third-order valence-corrected chi connectivity index (χ3v) is 2.92. The van der Waals surface area contributed by atoms with Crippen LogP contribution >= 0.6 is 12.4 Å². The zero-order valence-electron chi connectivity index (χ0n) is 9.90. The van der Waals surface area contributed by atoms with Gasteiger partial charge < -0.3 is 10.8 Å². The molecule has 0 atom stereocenters. The number of phenolic OH excluding ortho intramolecular Hbond substituents is 1. The quantitative estimate of drug-likeness (QED) is 0.598. The number of aryl methyl sites for hydroxylation is 1. The highest BCUT2D eigenvalue weighted by Gasteiger charge is 2.08. The molecule has 0 spiro atoms. The molecular formula is C14H16ClNO. The molecule has 0 fully saturated rings. The number of nitrogen functional groups attached to an aromatic ring is 1. The second kappa shape index (κ2) is 5.11. The summed E-state index contributed by atoms with van der Waals surface area (Å²) in [5.41, 5.74) is 10.6. The lowest BCUT2D eigenvalue weighted by molar-refractivity contribution is 0.477. The minimum absolute atomic E-state index is 0. The number of benzene rings is 2. The lowest BCUT2D eigenvalue weighted by Gasteiger charge is -2.11. The Bertz CT molecular complexity index is 538. The topological polar surface area (TPSA) is 46.2 Å². The van der Waals surface area contributed by atoms with Gasteiger partial charge in [0, 0.05) is 11.3 Å².